The minimum atomic E-state index is -0.652. The maximum Gasteiger partial charge on any atom is 0.258 e. The fourth-order valence-corrected chi connectivity index (χ4v) is 4.04. The second-order valence-electron chi connectivity index (χ2n) is 7.67. The van der Waals surface area contributed by atoms with E-state index in [1.807, 2.05) is 53.4 Å². The van der Waals surface area contributed by atoms with Gasteiger partial charge in [-0.3, -0.25) is 4.79 Å². The van der Waals surface area contributed by atoms with Gasteiger partial charge in [0.05, 0.1) is 18.3 Å². The Bertz CT molecular complexity index is 830. The van der Waals surface area contributed by atoms with Crippen LogP contribution in [0, 0.1) is 0 Å². The Labute approximate surface area is 166 Å². The van der Waals surface area contributed by atoms with Gasteiger partial charge in [0.15, 0.2) is 0 Å². The lowest BCUT2D eigenvalue weighted by molar-refractivity contribution is 0.0242. The molecule has 1 N–H and O–H groups in total. The second-order valence-corrected chi connectivity index (χ2v) is 7.67. The molecule has 5 nitrogen and oxygen atoms in total. The normalized spacial score (nSPS) is 24.0. The summed E-state index contributed by atoms with van der Waals surface area (Å²) in [5, 5.41) is 3.62. The number of fused-ring (bicyclic) bond motifs is 1. The Morgan fingerprint density at radius 3 is 2.71 bits per heavy atom. The first kappa shape index (κ1) is 18.8. The van der Waals surface area contributed by atoms with Crippen LogP contribution in [0.1, 0.15) is 49.0 Å². The van der Waals surface area contributed by atoms with E-state index in [4.69, 9.17) is 9.47 Å². The number of carbonyl (C=O) groups is 1. The van der Waals surface area contributed by atoms with E-state index in [9.17, 15) is 4.79 Å². The molecule has 0 spiro atoms. The molecule has 1 amide bonds. The molecule has 2 aromatic carbocycles. The summed E-state index contributed by atoms with van der Waals surface area (Å²) in [5.41, 5.74) is 1.95. The fourth-order valence-electron chi connectivity index (χ4n) is 4.04. The van der Waals surface area contributed by atoms with Crippen molar-refractivity contribution in [2.24, 2.45) is 0 Å². The molecule has 2 aliphatic heterocycles. The number of nitrogens with zero attached hydrogens (tertiary/aromatic N) is 1. The summed E-state index contributed by atoms with van der Waals surface area (Å²) in [7, 11) is 0. The molecule has 28 heavy (non-hydrogen) atoms. The average Bonchev–Trinajstić information content (AvgIpc) is 3.23. The highest BCUT2D eigenvalue weighted by atomic mass is 16.5. The maximum absolute atomic E-state index is 13.4. The molecule has 2 unspecified atom stereocenters. The van der Waals surface area contributed by atoms with Gasteiger partial charge in [-0.05, 0) is 56.0 Å². The Morgan fingerprint density at radius 2 is 2.00 bits per heavy atom. The molecule has 5 heteroatoms. The molecule has 2 aromatic rings. The molecule has 0 bridgehead atoms. The molecule has 148 valence electrons. The number of anilines is 1. The number of para-hydroxylation sites is 1. The van der Waals surface area contributed by atoms with Gasteiger partial charge in [0.2, 0.25) is 0 Å². The van der Waals surface area contributed by atoms with E-state index in [0.717, 1.165) is 42.9 Å². The van der Waals surface area contributed by atoms with E-state index < -0.39 is 5.66 Å². The van der Waals surface area contributed by atoms with Crippen molar-refractivity contribution in [3.63, 3.8) is 0 Å². The van der Waals surface area contributed by atoms with Gasteiger partial charge >= 0.3 is 0 Å². The Balaban J connectivity index is 1.69. The number of rotatable bonds is 6. The van der Waals surface area contributed by atoms with Crippen LogP contribution in [0.25, 0.3) is 0 Å². The molecule has 0 radical (unpaired) electrons. The van der Waals surface area contributed by atoms with Gasteiger partial charge in [0.1, 0.15) is 11.4 Å². The highest BCUT2D eigenvalue weighted by Crippen LogP contribution is 2.39. The Morgan fingerprint density at radius 1 is 1.21 bits per heavy atom. The van der Waals surface area contributed by atoms with Crippen molar-refractivity contribution in [1.82, 2.24) is 4.90 Å². The van der Waals surface area contributed by atoms with E-state index in [2.05, 4.69) is 19.2 Å². The monoisotopic (exact) mass is 380 g/mol. The Kier molecular flexibility index (Phi) is 5.27. The van der Waals surface area contributed by atoms with Crippen LogP contribution in [-0.2, 0) is 10.4 Å². The number of hydrogen-bond acceptors (Lipinski definition) is 4. The number of amides is 1. The van der Waals surface area contributed by atoms with Crippen molar-refractivity contribution in [1.29, 1.82) is 0 Å². The van der Waals surface area contributed by atoms with Crippen molar-refractivity contribution >= 4 is 11.6 Å². The van der Waals surface area contributed by atoms with Gasteiger partial charge in [-0.15, -0.1) is 0 Å². The molecule has 4 rings (SSSR count). The Hall–Kier alpha value is -2.53. The third-order valence-corrected chi connectivity index (χ3v) is 5.62. The summed E-state index contributed by atoms with van der Waals surface area (Å²) in [5.74, 6) is 0.890. The van der Waals surface area contributed by atoms with Crippen LogP contribution in [-0.4, -0.2) is 36.7 Å². The van der Waals surface area contributed by atoms with Crippen molar-refractivity contribution in [2.45, 2.75) is 44.9 Å². The van der Waals surface area contributed by atoms with Crippen LogP contribution in [0.15, 0.2) is 48.5 Å². The molecule has 0 aliphatic carbocycles. The summed E-state index contributed by atoms with van der Waals surface area (Å²) in [6.45, 7) is 6.21. The van der Waals surface area contributed by atoms with E-state index in [1.54, 1.807) is 0 Å². The van der Waals surface area contributed by atoms with Crippen molar-refractivity contribution in [3.05, 3.63) is 59.7 Å². The second kappa shape index (κ2) is 7.84. The van der Waals surface area contributed by atoms with E-state index in [0.29, 0.717) is 18.7 Å². The first-order valence-electron chi connectivity index (χ1n) is 10.2. The minimum Gasteiger partial charge on any atom is -0.494 e. The van der Waals surface area contributed by atoms with Gasteiger partial charge in [0.25, 0.3) is 5.91 Å². The largest absolute Gasteiger partial charge is 0.494 e. The highest BCUT2D eigenvalue weighted by Gasteiger charge is 2.43. The van der Waals surface area contributed by atoms with Crippen LogP contribution in [0.5, 0.6) is 5.75 Å². The van der Waals surface area contributed by atoms with Gasteiger partial charge in [0, 0.05) is 18.8 Å². The molecule has 1 fully saturated rings. The summed E-state index contributed by atoms with van der Waals surface area (Å²) >= 11 is 0. The van der Waals surface area contributed by atoms with Gasteiger partial charge < -0.3 is 19.7 Å². The predicted molar refractivity (Wildman–Crippen MR) is 110 cm³/mol. The van der Waals surface area contributed by atoms with Crippen LogP contribution >= 0.6 is 0 Å². The van der Waals surface area contributed by atoms with Crippen LogP contribution in [0.3, 0.4) is 0 Å². The van der Waals surface area contributed by atoms with Crippen molar-refractivity contribution < 1.29 is 14.3 Å². The summed E-state index contributed by atoms with van der Waals surface area (Å²) in [6.07, 6.45) is 3.10. The van der Waals surface area contributed by atoms with Gasteiger partial charge in [-0.1, -0.05) is 31.2 Å². The number of hydrogen-bond donors (Lipinski definition) is 1. The minimum absolute atomic E-state index is 0.0404. The van der Waals surface area contributed by atoms with E-state index in [-0.39, 0.29) is 12.0 Å². The smallest absolute Gasteiger partial charge is 0.258 e. The molecule has 1 saturated heterocycles. The van der Waals surface area contributed by atoms with Crippen LogP contribution in [0.4, 0.5) is 5.69 Å². The molecular formula is C23H28N2O3. The zero-order valence-electron chi connectivity index (χ0n) is 16.6. The topological polar surface area (TPSA) is 50.8 Å². The summed E-state index contributed by atoms with van der Waals surface area (Å²) in [6, 6.07) is 15.8. The van der Waals surface area contributed by atoms with Crippen LogP contribution in [0.2, 0.25) is 0 Å². The lowest BCUT2D eigenvalue weighted by Gasteiger charge is -2.47. The lowest BCUT2D eigenvalue weighted by atomic mass is 9.93. The molecule has 2 aliphatic rings. The standard InChI is InChI=1S/C23H28N2O3/c1-3-14-27-18-12-10-17(11-13-18)23(2)24-21-9-5-4-8-20(21)22(26)25(23)16-19-7-6-15-28-19/h4-5,8-13,19,24H,3,6-7,14-16H2,1-2H3. The number of ether oxygens (including phenoxy) is 2. The number of nitrogens with one attached hydrogen (secondary N) is 1. The lowest BCUT2D eigenvalue weighted by Crippen LogP contribution is -2.57. The first-order chi connectivity index (χ1) is 13.6. The summed E-state index contributed by atoms with van der Waals surface area (Å²) < 4.78 is 11.6. The molecular weight excluding hydrogens is 352 g/mol. The average molecular weight is 380 g/mol. The fraction of sp³-hybridized carbons (Fsp3) is 0.435. The van der Waals surface area contributed by atoms with Crippen molar-refractivity contribution in [3.8, 4) is 5.75 Å². The zero-order valence-corrected chi connectivity index (χ0v) is 16.6. The first-order valence-corrected chi connectivity index (χ1v) is 10.2. The zero-order chi connectivity index (χ0) is 19.6. The van der Waals surface area contributed by atoms with Gasteiger partial charge in [-0.2, -0.15) is 0 Å². The van der Waals surface area contributed by atoms with E-state index in [1.165, 1.54) is 0 Å². The van der Waals surface area contributed by atoms with Crippen LogP contribution < -0.4 is 10.1 Å². The molecule has 0 aromatic heterocycles. The molecule has 2 heterocycles. The van der Waals surface area contributed by atoms with Crippen molar-refractivity contribution in [2.75, 3.05) is 25.1 Å². The third-order valence-electron chi connectivity index (χ3n) is 5.62. The maximum atomic E-state index is 13.4. The number of benzene rings is 2. The third kappa shape index (κ3) is 3.47. The van der Waals surface area contributed by atoms with Gasteiger partial charge in [-0.25, -0.2) is 0 Å². The molecule has 0 saturated carbocycles. The highest BCUT2D eigenvalue weighted by molar-refractivity contribution is 6.02. The number of carbonyl (C=O) groups excluding carboxylic acids is 1. The SMILES string of the molecule is CCCOc1ccc(C2(C)Nc3ccccc3C(=O)N2CC2CCCO2)cc1. The quantitative estimate of drug-likeness (QED) is 0.807. The van der Waals surface area contributed by atoms with E-state index >= 15 is 0 Å². The predicted octanol–water partition coefficient (Wildman–Crippen LogP) is 4.40. The molecule has 2 atom stereocenters. The summed E-state index contributed by atoms with van der Waals surface area (Å²) in [4.78, 5) is 15.3.